The largest absolute Gasteiger partial charge is 0.507 e. The Morgan fingerprint density at radius 1 is 1.08 bits per heavy atom. The van der Waals surface area contributed by atoms with Crippen LogP contribution in [0.3, 0.4) is 0 Å². The molecule has 0 radical (unpaired) electrons. The third kappa shape index (κ3) is 1.26. The molecule has 0 saturated heterocycles. The van der Waals surface area contributed by atoms with E-state index in [9.17, 15) is 5.11 Å². The summed E-state index contributed by atoms with van der Waals surface area (Å²) < 4.78 is 1.02. The fourth-order valence-corrected chi connectivity index (χ4v) is 1.78. The molecule has 12 heavy (non-hydrogen) atoms. The first-order valence-corrected chi connectivity index (χ1v) is 4.71. The highest BCUT2D eigenvalue weighted by Crippen LogP contribution is 2.29. The van der Waals surface area contributed by atoms with Crippen molar-refractivity contribution in [2.24, 2.45) is 0 Å². The van der Waals surface area contributed by atoms with Gasteiger partial charge in [-0.05, 0) is 31.9 Å². The van der Waals surface area contributed by atoms with Crippen LogP contribution in [0.15, 0.2) is 4.47 Å². The van der Waals surface area contributed by atoms with Crippen LogP contribution in [0.1, 0.15) is 16.7 Å². The molecular formula is C9H12BBrO. The van der Waals surface area contributed by atoms with Gasteiger partial charge in [-0.15, -0.1) is 0 Å². The van der Waals surface area contributed by atoms with Gasteiger partial charge in [-0.1, -0.05) is 21.4 Å². The van der Waals surface area contributed by atoms with Crippen molar-refractivity contribution in [3.8, 4) is 5.75 Å². The zero-order valence-corrected chi connectivity index (χ0v) is 9.41. The summed E-state index contributed by atoms with van der Waals surface area (Å²) in [6, 6.07) is 0. The van der Waals surface area contributed by atoms with Crippen LogP contribution in [-0.4, -0.2) is 13.0 Å². The van der Waals surface area contributed by atoms with Crippen molar-refractivity contribution in [3.05, 3.63) is 21.2 Å². The van der Waals surface area contributed by atoms with Crippen molar-refractivity contribution in [3.63, 3.8) is 0 Å². The van der Waals surface area contributed by atoms with E-state index in [1.165, 1.54) is 5.56 Å². The van der Waals surface area contributed by atoms with Crippen LogP contribution in [0.25, 0.3) is 0 Å². The predicted octanol–water partition coefficient (Wildman–Crippen LogP) is 1.34. The van der Waals surface area contributed by atoms with Gasteiger partial charge < -0.3 is 5.11 Å². The molecule has 0 aromatic heterocycles. The number of benzene rings is 1. The van der Waals surface area contributed by atoms with Crippen LogP contribution < -0.4 is 5.46 Å². The molecule has 3 heteroatoms. The first kappa shape index (κ1) is 9.65. The van der Waals surface area contributed by atoms with Crippen LogP contribution in [-0.2, 0) is 0 Å². The first-order chi connectivity index (χ1) is 5.46. The van der Waals surface area contributed by atoms with Crippen molar-refractivity contribution >= 4 is 29.2 Å². The van der Waals surface area contributed by atoms with Gasteiger partial charge in [-0.3, -0.25) is 0 Å². The quantitative estimate of drug-likeness (QED) is 0.663. The van der Waals surface area contributed by atoms with Crippen LogP contribution in [0.2, 0.25) is 0 Å². The van der Waals surface area contributed by atoms with E-state index >= 15 is 0 Å². The molecule has 0 heterocycles. The molecule has 0 aliphatic rings. The maximum atomic E-state index is 9.66. The fraction of sp³-hybridized carbons (Fsp3) is 0.333. The van der Waals surface area contributed by atoms with Gasteiger partial charge in [0.25, 0.3) is 0 Å². The van der Waals surface area contributed by atoms with Crippen molar-refractivity contribution in [2.45, 2.75) is 20.8 Å². The summed E-state index contributed by atoms with van der Waals surface area (Å²) in [5, 5.41) is 9.66. The molecule has 1 nitrogen and oxygen atoms in total. The summed E-state index contributed by atoms with van der Waals surface area (Å²) in [5.41, 5.74) is 4.27. The van der Waals surface area contributed by atoms with Crippen LogP contribution in [0.5, 0.6) is 5.75 Å². The Morgan fingerprint density at radius 2 is 1.58 bits per heavy atom. The number of phenolic OH excluding ortho intramolecular Hbond substituents is 1. The number of aromatic hydroxyl groups is 1. The molecule has 0 spiro atoms. The third-order valence-corrected chi connectivity index (χ3v) is 3.68. The van der Waals surface area contributed by atoms with Gasteiger partial charge in [-0.25, -0.2) is 0 Å². The van der Waals surface area contributed by atoms with E-state index in [-0.39, 0.29) is 0 Å². The van der Waals surface area contributed by atoms with E-state index in [2.05, 4.69) is 22.9 Å². The highest BCUT2D eigenvalue weighted by atomic mass is 79.9. The van der Waals surface area contributed by atoms with Gasteiger partial charge in [0, 0.05) is 10.0 Å². The molecule has 0 fully saturated rings. The summed E-state index contributed by atoms with van der Waals surface area (Å²) in [7, 11) is 2.02. The number of hydrogen-bond acceptors (Lipinski definition) is 1. The van der Waals surface area contributed by atoms with Gasteiger partial charge >= 0.3 is 0 Å². The lowest BCUT2D eigenvalue weighted by Crippen LogP contribution is -2.13. The summed E-state index contributed by atoms with van der Waals surface area (Å²) >= 11 is 3.45. The Labute approximate surface area is 82.3 Å². The van der Waals surface area contributed by atoms with E-state index in [0.29, 0.717) is 5.75 Å². The summed E-state index contributed by atoms with van der Waals surface area (Å²) in [6.45, 7) is 5.91. The van der Waals surface area contributed by atoms with E-state index in [4.69, 9.17) is 0 Å². The maximum Gasteiger partial charge on any atom is 0.140 e. The molecule has 64 valence electrons. The highest BCUT2D eigenvalue weighted by molar-refractivity contribution is 9.10. The highest BCUT2D eigenvalue weighted by Gasteiger charge is 2.10. The second-order valence-electron chi connectivity index (χ2n) is 3.16. The molecule has 1 N–H and O–H groups in total. The van der Waals surface area contributed by atoms with Crippen LogP contribution in [0.4, 0.5) is 0 Å². The first-order valence-electron chi connectivity index (χ1n) is 3.91. The lowest BCUT2D eigenvalue weighted by Gasteiger charge is -2.13. The average molecular weight is 227 g/mol. The molecule has 0 aliphatic heterocycles. The Balaban J connectivity index is 3.60. The zero-order chi connectivity index (χ0) is 9.46. The second kappa shape index (κ2) is 3.13. The van der Waals surface area contributed by atoms with Gasteiger partial charge in [0.1, 0.15) is 13.6 Å². The van der Waals surface area contributed by atoms with Gasteiger partial charge in [-0.2, -0.15) is 0 Å². The van der Waals surface area contributed by atoms with Crippen LogP contribution in [0, 0.1) is 20.8 Å². The lowest BCUT2D eigenvalue weighted by atomic mass is 9.85. The molecule has 1 rings (SSSR count). The molecule has 0 saturated carbocycles. The smallest absolute Gasteiger partial charge is 0.140 e. The molecule has 0 aliphatic carbocycles. The van der Waals surface area contributed by atoms with Gasteiger partial charge in [0.15, 0.2) is 0 Å². The molecule has 0 atom stereocenters. The van der Waals surface area contributed by atoms with Crippen molar-refractivity contribution in [1.82, 2.24) is 0 Å². The Morgan fingerprint density at radius 3 is 2.08 bits per heavy atom. The predicted molar refractivity (Wildman–Crippen MR) is 58.2 cm³/mol. The minimum Gasteiger partial charge on any atom is -0.507 e. The monoisotopic (exact) mass is 226 g/mol. The van der Waals surface area contributed by atoms with Crippen molar-refractivity contribution in [2.75, 3.05) is 0 Å². The second-order valence-corrected chi connectivity index (χ2v) is 3.96. The minimum absolute atomic E-state index is 0.407. The molecule has 0 unspecified atom stereocenters. The third-order valence-electron chi connectivity index (χ3n) is 2.49. The van der Waals surface area contributed by atoms with Crippen molar-refractivity contribution in [1.29, 1.82) is 0 Å². The number of phenols is 1. The zero-order valence-electron chi connectivity index (χ0n) is 7.83. The normalized spacial score (nSPS) is 10.3. The Hall–Kier alpha value is -0.435. The maximum absolute atomic E-state index is 9.66. The van der Waals surface area contributed by atoms with E-state index in [1.807, 2.05) is 21.7 Å². The number of hydrogen-bond donors (Lipinski definition) is 1. The molecular weight excluding hydrogens is 215 g/mol. The fourth-order valence-electron chi connectivity index (χ4n) is 1.29. The standard InChI is InChI=1S/C9H12BBrO/c1-4-7(10)5(2)9(12)6(3)8(4)11/h12H,10H2,1-3H3. The van der Waals surface area contributed by atoms with E-state index < -0.39 is 0 Å². The molecule has 0 bridgehead atoms. The summed E-state index contributed by atoms with van der Waals surface area (Å²) in [5.74, 6) is 0.407. The van der Waals surface area contributed by atoms with Gasteiger partial charge in [0.2, 0.25) is 0 Å². The SMILES string of the molecule is Bc1c(C)c(O)c(C)c(Br)c1C. The molecule has 1 aromatic carbocycles. The van der Waals surface area contributed by atoms with Gasteiger partial charge in [0.05, 0.1) is 0 Å². The Bertz CT molecular complexity index is 229. The topological polar surface area (TPSA) is 20.2 Å². The van der Waals surface area contributed by atoms with E-state index in [0.717, 1.165) is 21.1 Å². The minimum atomic E-state index is 0.407. The Kier molecular flexibility index (Phi) is 2.52. The summed E-state index contributed by atoms with van der Waals surface area (Å²) in [4.78, 5) is 0. The van der Waals surface area contributed by atoms with Crippen LogP contribution >= 0.6 is 15.9 Å². The summed E-state index contributed by atoms with van der Waals surface area (Å²) in [6.07, 6.45) is 0. The van der Waals surface area contributed by atoms with E-state index in [1.54, 1.807) is 0 Å². The average Bonchev–Trinajstić information content (AvgIpc) is 2.08. The molecule has 1 aromatic rings. The number of halogens is 1. The number of rotatable bonds is 0. The lowest BCUT2D eigenvalue weighted by molar-refractivity contribution is 0.467. The van der Waals surface area contributed by atoms with Crippen molar-refractivity contribution < 1.29 is 5.11 Å². The molecule has 0 amide bonds.